The molecular weight excluding hydrogens is 228 g/mol. The van der Waals surface area contributed by atoms with Crippen LogP contribution in [-0.2, 0) is 9.53 Å². The van der Waals surface area contributed by atoms with Gasteiger partial charge in [-0.25, -0.2) is 4.79 Å². The highest BCUT2D eigenvalue weighted by Gasteiger charge is 2.09. The fourth-order valence-corrected chi connectivity index (χ4v) is 1.39. The fraction of sp³-hybridized carbons (Fsp3) is 0.286. The van der Waals surface area contributed by atoms with E-state index in [1.807, 2.05) is 38.1 Å². The van der Waals surface area contributed by atoms with Gasteiger partial charge in [-0.05, 0) is 38.0 Å². The van der Waals surface area contributed by atoms with E-state index in [0.29, 0.717) is 0 Å². The lowest BCUT2D eigenvalue weighted by molar-refractivity contribution is -0.138. The number of esters is 1. The summed E-state index contributed by atoms with van der Waals surface area (Å²) < 4.78 is 4.77. The number of hydrogen-bond donors (Lipinski definition) is 1. The molecule has 0 aromatic heterocycles. The van der Waals surface area contributed by atoms with Gasteiger partial charge < -0.3 is 10.1 Å². The first-order valence-corrected chi connectivity index (χ1v) is 5.69. The van der Waals surface area contributed by atoms with Crippen LogP contribution in [0.5, 0.6) is 0 Å². The molecule has 94 valence electrons. The summed E-state index contributed by atoms with van der Waals surface area (Å²) in [6.07, 6.45) is 1.37. The van der Waals surface area contributed by atoms with Gasteiger partial charge in [-0.2, -0.15) is 5.26 Å². The minimum Gasteiger partial charge on any atom is -0.462 e. The molecule has 1 aromatic carbocycles. The Balaban J connectivity index is 2.87. The molecule has 0 saturated heterocycles. The van der Waals surface area contributed by atoms with Gasteiger partial charge in [0.1, 0.15) is 6.07 Å². The fourth-order valence-electron chi connectivity index (χ4n) is 1.39. The van der Waals surface area contributed by atoms with E-state index in [0.717, 1.165) is 16.8 Å². The Morgan fingerprint density at radius 2 is 2.22 bits per heavy atom. The number of benzene rings is 1. The standard InChI is InChI=1S/C14H16N2O2/c1-4-18-14(17)12(8-15)9-16-13-7-10(2)5-6-11(13)3/h5-7,9,16H,4H2,1-3H3/b12-9-. The van der Waals surface area contributed by atoms with Crippen LogP contribution in [0.15, 0.2) is 30.0 Å². The molecule has 0 radical (unpaired) electrons. The lowest BCUT2D eigenvalue weighted by Crippen LogP contribution is -2.08. The van der Waals surface area contributed by atoms with Crippen LogP contribution in [0.2, 0.25) is 0 Å². The lowest BCUT2D eigenvalue weighted by atomic mass is 10.1. The Morgan fingerprint density at radius 1 is 1.50 bits per heavy atom. The Hall–Kier alpha value is -2.28. The molecular formula is C14H16N2O2. The zero-order valence-corrected chi connectivity index (χ0v) is 10.8. The second-order valence-electron chi connectivity index (χ2n) is 3.85. The zero-order chi connectivity index (χ0) is 13.5. The molecule has 4 nitrogen and oxygen atoms in total. The van der Waals surface area contributed by atoms with E-state index >= 15 is 0 Å². The highest BCUT2D eigenvalue weighted by molar-refractivity contribution is 5.93. The molecule has 18 heavy (non-hydrogen) atoms. The van der Waals surface area contributed by atoms with Crippen molar-refractivity contribution in [3.8, 4) is 6.07 Å². The minimum atomic E-state index is -0.613. The van der Waals surface area contributed by atoms with E-state index in [1.165, 1.54) is 6.20 Å². The van der Waals surface area contributed by atoms with Gasteiger partial charge in [-0.1, -0.05) is 12.1 Å². The molecule has 0 saturated carbocycles. The van der Waals surface area contributed by atoms with Crippen LogP contribution in [0.3, 0.4) is 0 Å². The molecule has 1 rings (SSSR count). The minimum absolute atomic E-state index is 0.0437. The van der Waals surface area contributed by atoms with Gasteiger partial charge >= 0.3 is 5.97 Å². The summed E-state index contributed by atoms with van der Waals surface area (Å²) in [6.45, 7) is 5.88. The van der Waals surface area contributed by atoms with Crippen LogP contribution >= 0.6 is 0 Å². The van der Waals surface area contributed by atoms with Crippen LogP contribution < -0.4 is 5.32 Å². The molecule has 1 N–H and O–H groups in total. The van der Waals surface area contributed by atoms with E-state index in [2.05, 4.69) is 5.32 Å². The van der Waals surface area contributed by atoms with Gasteiger partial charge in [0.15, 0.2) is 5.57 Å². The van der Waals surface area contributed by atoms with Crippen LogP contribution in [0.25, 0.3) is 0 Å². The van der Waals surface area contributed by atoms with Crippen molar-refractivity contribution in [1.82, 2.24) is 0 Å². The van der Waals surface area contributed by atoms with E-state index < -0.39 is 5.97 Å². The largest absolute Gasteiger partial charge is 0.462 e. The average molecular weight is 244 g/mol. The summed E-state index contributed by atoms with van der Waals surface area (Å²) >= 11 is 0. The second kappa shape index (κ2) is 6.45. The van der Waals surface area contributed by atoms with Crippen molar-refractivity contribution in [3.05, 3.63) is 41.1 Å². The lowest BCUT2D eigenvalue weighted by Gasteiger charge is -2.07. The highest BCUT2D eigenvalue weighted by atomic mass is 16.5. The third-order valence-corrected chi connectivity index (χ3v) is 2.38. The molecule has 0 heterocycles. The Morgan fingerprint density at radius 3 is 2.83 bits per heavy atom. The number of nitrogens with one attached hydrogen (secondary N) is 1. The van der Waals surface area contributed by atoms with Crippen molar-refractivity contribution in [3.63, 3.8) is 0 Å². The molecule has 0 unspecified atom stereocenters. The predicted octanol–water partition coefficient (Wildman–Crippen LogP) is 2.69. The molecule has 0 spiro atoms. The SMILES string of the molecule is CCOC(=O)/C(C#N)=C\Nc1cc(C)ccc1C. The molecule has 4 heteroatoms. The van der Waals surface area contributed by atoms with E-state index in [1.54, 1.807) is 6.92 Å². The van der Waals surface area contributed by atoms with Crippen LogP contribution in [0.1, 0.15) is 18.1 Å². The maximum atomic E-state index is 11.4. The van der Waals surface area contributed by atoms with Gasteiger partial charge in [0.2, 0.25) is 0 Å². The number of nitriles is 1. The van der Waals surface area contributed by atoms with Crippen molar-refractivity contribution in [2.24, 2.45) is 0 Å². The maximum Gasteiger partial charge on any atom is 0.350 e. The highest BCUT2D eigenvalue weighted by Crippen LogP contribution is 2.16. The van der Waals surface area contributed by atoms with Crippen molar-refractivity contribution >= 4 is 11.7 Å². The van der Waals surface area contributed by atoms with Gasteiger partial charge in [-0.3, -0.25) is 0 Å². The van der Waals surface area contributed by atoms with E-state index in [-0.39, 0.29) is 12.2 Å². The summed E-state index contributed by atoms with van der Waals surface area (Å²) in [4.78, 5) is 11.4. The summed E-state index contributed by atoms with van der Waals surface area (Å²) in [7, 11) is 0. The van der Waals surface area contributed by atoms with Crippen molar-refractivity contribution in [2.45, 2.75) is 20.8 Å². The van der Waals surface area contributed by atoms with Crippen LogP contribution in [0.4, 0.5) is 5.69 Å². The molecule has 0 bridgehead atoms. The van der Waals surface area contributed by atoms with Gasteiger partial charge in [-0.15, -0.1) is 0 Å². The first-order valence-electron chi connectivity index (χ1n) is 5.69. The number of ether oxygens (including phenoxy) is 1. The summed E-state index contributed by atoms with van der Waals surface area (Å²) in [5.41, 5.74) is 2.97. The number of anilines is 1. The smallest absolute Gasteiger partial charge is 0.350 e. The van der Waals surface area contributed by atoms with Crippen molar-refractivity contribution in [2.75, 3.05) is 11.9 Å². The topological polar surface area (TPSA) is 62.1 Å². The monoisotopic (exact) mass is 244 g/mol. The van der Waals surface area contributed by atoms with Crippen molar-refractivity contribution in [1.29, 1.82) is 5.26 Å². The first-order chi connectivity index (χ1) is 8.58. The summed E-state index contributed by atoms with van der Waals surface area (Å²) in [5, 5.41) is 11.8. The third-order valence-electron chi connectivity index (χ3n) is 2.38. The number of carbonyl (C=O) groups is 1. The Labute approximate surface area is 107 Å². The molecule has 0 aliphatic rings. The summed E-state index contributed by atoms with van der Waals surface area (Å²) in [5.74, 6) is -0.613. The molecule has 0 aliphatic heterocycles. The number of rotatable bonds is 4. The quantitative estimate of drug-likeness (QED) is 0.502. The normalized spacial score (nSPS) is 10.7. The van der Waals surface area contributed by atoms with Crippen molar-refractivity contribution < 1.29 is 9.53 Å². The third kappa shape index (κ3) is 3.63. The molecule has 0 atom stereocenters. The van der Waals surface area contributed by atoms with E-state index in [4.69, 9.17) is 10.00 Å². The Bertz CT molecular complexity index is 513. The van der Waals surface area contributed by atoms with Gasteiger partial charge in [0, 0.05) is 11.9 Å². The maximum absolute atomic E-state index is 11.4. The van der Waals surface area contributed by atoms with Crippen LogP contribution in [0, 0.1) is 25.2 Å². The molecule has 0 amide bonds. The van der Waals surface area contributed by atoms with Gasteiger partial charge in [0.05, 0.1) is 6.61 Å². The molecule has 0 fully saturated rings. The number of nitrogens with zero attached hydrogens (tertiary/aromatic N) is 1. The number of hydrogen-bond acceptors (Lipinski definition) is 4. The first kappa shape index (κ1) is 13.8. The number of carbonyl (C=O) groups excluding carboxylic acids is 1. The molecule has 0 aliphatic carbocycles. The van der Waals surface area contributed by atoms with Gasteiger partial charge in [0.25, 0.3) is 0 Å². The predicted molar refractivity (Wildman–Crippen MR) is 69.9 cm³/mol. The molecule has 1 aromatic rings. The number of aryl methyl sites for hydroxylation is 2. The summed E-state index contributed by atoms with van der Waals surface area (Å²) in [6, 6.07) is 7.74. The Kier molecular flexibility index (Phi) is 4.94. The van der Waals surface area contributed by atoms with Crippen LogP contribution in [-0.4, -0.2) is 12.6 Å². The second-order valence-corrected chi connectivity index (χ2v) is 3.85. The average Bonchev–Trinajstić information content (AvgIpc) is 2.34. The van der Waals surface area contributed by atoms with E-state index in [9.17, 15) is 4.79 Å². The zero-order valence-electron chi connectivity index (χ0n) is 10.8.